The quantitative estimate of drug-likeness (QED) is 0.806. The molecule has 1 aromatic carbocycles. The molecule has 0 unspecified atom stereocenters. The summed E-state index contributed by atoms with van der Waals surface area (Å²) in [6.07, 6.45) is 2.60. The summed E-state index contributed by atoms with van der Waals surface area (Å²) in [6.45, 7) is 0.512. The largest absolute Gasteiger partial charge is 0.494 e. The lowest BCUT2D eigenvalue weighted by molar-refractivity contribution is -0.116. The Hall–Kier alpha value is -2.43. The third kappa shape index (κ3) is 4.75. The SMILES string of the molecule is O=C(CCCOc1ccccc1)Nc1cccnn1. The number of rotatable bonds is 6. The summed E-state index contributed by atoms with van der Waals surface area (Å²) in [7, 11) is 0. The van der Waals surface area contributed by atoms with Crippen molar-refractivity contribution >= 4 is 11.7 Å². The molecule has 0 radical (unpaired) electrons. The highest BCUT2D eigenvalue weighted by Gasteiger charge is 2.03. The Bertz CT molecular complexity index is 503. The maximum absolute atomic E-state index is 11.6. The van der Waals surface area contributed by atoms with Crippen LogP contribution in [0.1, 0.15) is 12.8 Å². The van der Waals surface area contributed by atoms with Crippen LogP contribution in [-0.2, 0) is 4.79 Å². The molecule has 98 valence electrons. The summed E-state index contributed by atoms with van der Waals surface area (Å²) in [5.41, 5.74) is 0. The topological polar surface area (TPSA) is 64.1 Å². The van der Waals surface area contributed by atoms with Crippen molar-refractivity contribution < 1.29 is 9.53 Å². The van der Waals surface area contributed by atoms with Gasteiger partial charge in [-0.3, -0.25) is 4.79 Å². The average Bonchev–Trinajstić information content (AvgIpc) is 2.46. The molecule has 0 saturated carbocycles. The maximum atomic E-state index is 11.6. The van der Waals surface area contributed by atoms with Gasteiger partial charge in [-0.1, -0.05) is 18.2 Å². The molecule has 0 atom stereocenters. The number of carbonyl (C=O) groups is 1. The molecule has 2 rings (SSSR count). The Morgan fingerprint density at radius 2 is 2.00 bits per heavy atom. The molecule has 0 saturated heterocycles. The summed E-state index contributed by atoms with van der Waals surface area (Å²) >= 11 is 0. The summed E-state index contributed by atoms with van der Waals surface area (Å²) in [6, 6.07) is 13.0. The van der Waals surface area contributed by atoms with E-state index in [2.05, 4.69) is 15.5 Å². The van der Waals surface area contributed by atoms with E-state index in [-0.39, 0.29) is 5.91 Å². The number of hydrogen-bond donors (Lipinski definition) is 1. The summed E-state index contributed by atoms with van der Waals surface area (Å²) in [4.78, 5) is 11.6. The lowest BCUT2D eigenvalue weighted by atomic mass is 10.3. The first-order valence-corrected chi connectivity index (χ1v) is 6.10. The van der Waals surface area contributed by atoms with Crippen molar-refractivity contribution in [2.45, 2.75) is 12.8 Å². The van der Waals surface area contributed by atoms with Gasteiger partial charge in [0.25, 0.3) is 0 Å². The number of amides is 1. The van der Waals surface area contributed by atoms with Crippen molar-refractivity contribution in [2.75, 3.05) is 11.9 Å². The smallest absolute Gasteiger partial charge is 0.225 e. The molecule has 5 heteroatoms. The molecule has 19 heavy (non-hydrogen) atoms. The number of hydrogen-bond acceptors (Lipinski definition) is 4. The molecule has 0 spiro atoms. The predicted molar refractivity (Wildman–Crippen MR) is 71.8 cm³/mol. The van der Waals surface area contributed by atoms with Crippen molar-refractivity contribution in [3.63, 3.8) is 0 Å². The van der Waals surface area contributed by atoms with E-state index in [0.717, 1.165) is 5.75 Å². The number of nitrogens with one attached hydrogen (secondary N) is 1. The number of nitrogens with zero attached hydrogens (tertiary/aromatic N) is 2. The van der Waals surface area contributed by atoms with Crippen molar-refractivity contribution in [1.29, 1.82) is 0 Å². The van der Waals surface area contributed by atoms with E-state index < -0.39 is 0 Å². The van der Waals surface area contributed by atoms with Gasteiger partial charge in [-0.15, -0.1) is 5.10 Å². The molecular formula is C14H15N3O2. The minimum absolute atomic E-state index is 0.0860. The van der Waals surface area contributed by atoms with Gasteiger partial charge >= 0.3 is 0 Å². The minimum Gasteiger partial charge on any atom is -0.494 e. The fraction of sp³-hybridized carbons (Fsp3) is 0.214. The third-order valence-electron chi connectivity index (χ3n) is 2.40. The zero-order chi connectivity index (χ0) is 13.3. The second kappa shape index (κ2) is 7.10. The fourth-order valence-electron chi connectivity index (χ4n) is 1.51. The second-order valence-electron chi connectivity index (χ2n) is 3.92. The van der Waals surface area contributed by atoms with Gasteiger partial charge < -0.3 is 10.1 Å². The van der Waals surface area contributed by atoms with Gasteiger partial charge in [0.05, 0.1) is 6.61 Å². The van der Waals surface area contributed by atoms with Gasteiger partial charge in [0.2, 0.25) is 5.91 Å². The molecule has 1 heterocycles. The summed E-state index contributed by atoms with van der Waals surface area (Å²) < 4.78 is 5.50. The van der Waals surface area contributed by atoms with Crippen molar-refractivity contribution in [1.82, 2.24) is 10.2 Å². The Morgan fingerprint density at radius 1 is 1.16 bits per heavy atom. The monoisotopic (exact) mass is 257 g/mol. The van der Waals surface area contributed by atoms with E-state index in [9.17, 15) is 4.79 Å². The first-order chi connectivity index (χ1) is 9.34. The van der Waals surface area contributed by atoms with E-state index in [1.807, 2.05) is 30.3 Å². The van der Waals surface area contributed by atoms with Crippen LogP contribution in [0.2, 0.25) is 0 Å². The standard InChI is InChI=1S/C14H15N3O2/c18-14(16-13-8-4-10-15-17-13)9-5-11-19-12-6-2-1-3-7-12/h1-4,6-8,10H,5,9,11H2,(H,16,17,18). The molecule has 1 amide bonds. The normalized spacial score (nSPS) is 9.89. The van der Waals surface area contributed by atoms with Gasteiger partial charge in [0.15, 0.2) is 5.82 Å². The predicted octanol–water partition coefficient (Wildman–Crippen LogP) is 2.27. The van der Waals surface area contributed by atoms with Crippen LogP contribution in [0.3, 0.4) is 0 Å². The third-order valence-corrected chi connectivity index (χ3v) is 2.40. The number of benzene rings is 1. The van der Waals surface area contributed by atoms with Crippen molar-refractivity contribution in [3.8, 4) is 5.75 Å². The molecule has 1 aromatic heterocycles. The Labute approximate surface area is 111 Å². The van der Waals surface area contributed by atoms with Crippen LogP contribution >= 0.6 is 0 Å². The summed E-state index contributed by atoms with van der Waals surface area (Å²) in [5.74, 6) is 1.20. The van der Waals surface area contributed by atoms with Gasteiger partial charge in [-0.25, -0.2) is 0 Å². The molecule has 2 aromatic rings. The number of carbonyl (C=O) groups excluding carboxylic acids is 1. The lowest BCUT2D eigenvalue weighted by Gasteiger charge is -2.06. The van der Waals surface area contributed by atoms with Crippen LogP contribution in [-0.4, -0.2) is 22.7 Å². The van der Waals surface area contributed by atoms with Gasteiger partial charge in [-0.2, -0.15) is 5.10 Å². The number of para-hydroxylation sites is 1. The highest BCUT2D eigenvalue weighted by atomic mass is 16.5. The van der Waals surface area contributed by atoms with Crippen LogP contribution in [0.5, 0.6) is 5.75 Å². The maximum Gasteiger partial charge on any atom is 0.225 e. The first kappa shape index (κ1) is 13.0. The van der Waals surface area contributed by atoms with Crippen molar-refractivity contribution in [2.24, 2.45) is 0 Å². The van der Waals surface area contributed by atoms with Gasteiger partial charge in [0, 0.05) is 12.6 Å². The van der Waals surface area contributed by atoms with Crippen LogP contribution in [0.25, 0.3) is 0 Å². The Morgan fingerprint density at radius 3 is 2.74 bits per heavy atom. The highest BCUT2D eigenvalue weighted by Crippen LogP contribution is 2.09. The number of ether oxygens (including phenoxy) is 1. The Kier molecular flexibility index (Phi) is 4.87. The molecule has 5 nitrogen and oxygen atoms in total. The van der Waals surface area contributed by atoms with Gasteiger partial charge in [-0.05, 0) is 30.7 Å². The molecule has 0 bridgehead atoms. The first-order valence-electron chi connectivity index (χ1n) is 6.10. The molecule has 0 aliphatic carbocycles. The molecule has 0 aliphatic rings. The van der Waals surface area contributed by atoms with E-state index in [0.29, 0.717) is 25.3 Å². The molecular weight excluding hydrogens is 242 g/mol. The lowest BCUT2D eigenvalue weighted by Crippen LogP contribution is -2.13. The molecule has 0 aliphatic heterocycles. The van der Waals surface area contributed by atoms with E-state index in [4.69, 9.17) is 4.74 Å². The van der Waals surface area contributed by atoms with Crippen molar-refractivity contribution in [3.05, 3.63) is 48.7 Å². The summed E-state index contributed by atoms with van der Waals surface area (Å²) in [5, 5.41) is 10.1. The van der Waals surface area contributed by atoms with E-state index in [1.54, 1.807) is 18.3 Å². The second-order valence-corrected chi connectivity index (χ2v) is 3.92. The average molecular weight is 257 g/mol. The number of aromatic nitrogens is 2. The van der Waals surface area contributed by atoms with Crippen LogP contribution < -0.4 is 10.1 Å². The van der Waals surface area contributed by atoms with E-state index in [1.165, 1.54) is 0 Å². The van der Waals surface area contributed by atoms with E-state index >= 15 is 0 Å². The highest BCUT2D eigenvalue weighted by molar-refractivity contribution is 5.89. The van der Waals surface area contributed by atoms with Gasteiger partial charge in [0.1, 0.15) is 5.75 Å². The zero-order valence-corrected chi connectivity index (χ0v) is 10.5. The minimum atomic E-state index is -0.0860. The van der Waals surface area contributed by atoms with Crippen LogP contribution in [0.15, 0.2) is 48.7 Å². The van der Waals surface area contributed by atoms with Crippen LogP contribution in [0.4, 0.5) is 5.82 Å². The molecule has 1 N–H and O–H groups in total. The zero-order valence-electron chi connectivity index (χ0n) is 10.5. The fourth-order valence-corrected chi connectivity index (χ4v) is 1.51. The number of anilines is 1. The molecule has 0 fully saturated rings. The Balaban J connectivity index is 1.65. The van der Waals surface area contributed by atoms with Crippen LogP contribution in [0, 0.1) is 0 Å².